The topological polar surface area (TPSA) is 80.7 Å². The van der Waals surface area contributed by atoms with Crippen LogP contribution in [-0.4, -0.2) is 41.4 Å². The molecule has 1 saturated heterocycles. The Bertz CT molecular complexity index is 1580. The molecule has 4 aromatic rings. The van der Waals surface area contributed by atoms with Crippen LogP contribution in [0.4, 0.5) is 11.4 Å². The van der Waals surface area contributed by atoms with Crippen LogP contribution in [0.3, 0.4) is 0 Å². The van der Waals surface area contributed by atoms with Gasteiger partial charge in [0.25, 0.3) is 0 Å². The van der Waals surface area contributed by atoms with Gasteiger partial charge >= 0.3 is 0 Å². The minimum absolute atomic E-state index is 0.0637. The maximum Gasteiger partial charge on any atom is 0.250 e. The SMILES string of the molecule is COCC(=O)Nc1cc(N2C(=S)N[C@H](c3ccccn3)[C@H]2c2cc(C)n(-c3c(C)cccc3C)c2C)ccc1OC. The van der Waals surface area contributed by atoms with Gasteiger partial charge in [-0.05, 0) is 93.0 Å². The van der Waals surface area contributed by atoms with E-state index >= 15 is 0 Å². The van der Waals surface area contributed by atoms with Crippen molar-refractivity contribution in [3.05, 3.63) is 101 Å². The average Bonchev–Trinajstić information content (AvgIpc) is 3.44. The zero-order valence-corrected chi connectivity index (χ0v) is 25.0. The molecule has 1 amide bonds. The van der Waals surface area contributed by atoms with Crippen LogP contribution < -0.4 is 20.3 Å². The zero-order chi connectivity index (χ0) is 29.3. The van der Waals surface area contributed by atoms with E-state index in [0.717, 1.165) is 28.3 Å². The molecular formula is C32H35N5O3S. The van der Waals surface area contributed by atoms with Gasteiger partial charge in [0, 0.05) is 30.4 Å². The van der Waals surface area contributed by atoms with E-state index in [2.05, 4.69) is 72.1 Å². The van der Waals surface area contributed by atoms with Crippen molar-refractivity contribution in [3.63, 3.8) is 0 Å². The summed E-state index contributed by atoms with van der Waals surface area (Å²) in [6, 6.07) is 19.8. The number of para-hydroxylation sites is 1. The number of hydrogen-bond acceptors (Lipinski definition) is 5. The fraction of sp³-hybridized carbons (Fsp3) is 0.281. The second kappa shape index (κ2) is 11.7. The van der Waals surface area contributed by atoms with Gasteiger partial charge < -0.3 is 29.6 Å². The van der Waals surface area contributed by atoms with Gasteiger partial charge in [-0.25, -0.2) is 0 Å². The molecule has 0 bridgehead atoms. The third-order valence-corrected chi connectivity index (χ3v) is 7.88. The molecule has 212 valence electrons. The fourth-order valence-electron chi connectivity index (χ4n) is 5.80. The van der Waals surface area contributed by atoms with Gasteiger partial charge in [-0.1, -0.05) is 24.3 Å². The monoisotopic (exact) mass is 569 g/mol. The highest BCUT2D eigenvalue weighted by Crippen LogP contribution is 2.45. The van der Waals surface area contributed by atoms with Crippen LogP contribution >= 0.6 is 12.2 Å². The first kappa shape index (κ1) is 28.3. The van der Waals surface area contributed by atoms with Crippen molar-refractivity contribution >= 4 is 34.6 Å². The highest BCUT2D eigenvalue weighted by Gasteiger charge is 2.42. The van der Waals surface area contributed by atoms with E-state index < -0.39 is 0 Å². The van der Waals surface area contributed by atoms with Crippen molar-refractivity contribution in [2.24, 2.45) is 0 Å². The molecule has 8 nitrogen and oxygen atoms in total. The van der Waals surface area contributed by atoms with Gasteiger partial charge in [-0.3, -0.25) is 9.78 Å². The number of nitrogens with zero attached hydrogens (tertiary/aromatic N) is 3. The van der Waals surface area contributed by atoms with E-state index in [-0.39, 0.29) is 24.6 Å². The summed E-state index contributed by atoms with van der Waals surface area (Å²) in [5.74, 6) is 0.271. The van der Waals surface area contributed by atoms with Gasteiger partial charge in [0.15, 0.2) is 5.11 Å². The maximum atomic E-state index is 12.4. The number of carbonyl (C=O) groups excluding carboxylic acids is 1. The smallest absolute Gasteiger partial charge is 0.250 e. The van der Waals surface area contributed by atoms with Crippen LogP contribution in [0, 0.1) is 27.7 Å². The number of rotatable bonds is 8. The minimum atomic E-state index is -0.273. The first-order chi connectivity index (χ1) is 19.7. The molecule has 0 unspecified atom stereocenters. The molecule has 9 heteroatoms. The number of aryl methyl sites for hydroxylation is 3. The molecule has 5 rings (SSSR count). The highest BCUT2D eigenvalue weighted by molar-refractivity contribution is 7.80. The Morgan fingerprint density at radius 2 is 1.78 bits per heavy atom. The minimum Gasteiger partial charge on any atom is -0.495 e. The standard InChI is InChI=1S/C32H35N5O3S/c1-19-10-9-11-20(2)30(19)36-21(3)16-24(22(36)4)31-29(25-12-7-8-15-33-25)35-32(41)37(31)23-13-14-27(40-6)26(17-23)34-28(38)18-39-5/h7-17,29,31H,18H2,1-6H3,(H,34,38)(H,35,41)/t29-,31-/m1/s1. The summed E-state index contributed by atoms with van der Waals surface area (Å²) in [6.45, 7) is 8.53. The van der Waals surface area contributed by atoms with Crippen molar-refractivity contribution in [2.45, 2.75) is 39.8 Å². The van der Waals surface area contributed by atoms with Crippen LogP contribution in [0.25, 0.3) is 5.69 Å². The molecule has 0 aliphatic carbocycles. The third kappa shape index (κ3) is 5.30. The van der Waals surface area contributed by atoms with E-state index in [0.29, 0.717) is 16.5 Å². The normalized spacial score (nSPS) is 16.5. The van der Waals surface area contributed by atoms with E-state index in [9.17, 15) is 4.79 Å². The summed E-state index contributed by atoms with van der Waals surface area (Å²) in [7, 11) is 3.06. The highest BCUT2D eigenvalue weighted by atomic mass is 32.1. The summed E-state index contributed by atoms with van der Waals surface area (Å²) in [4.78, 5) is 19.2. The molecular weight excluding hydrogens is 534 g/mol. The Labute approximate surface area is 246 Å². The molecule has 0 saturated carbocycles. The number of ether oxygens (including phenoxy) is 2. The van der Waals surface area contributed by atoms with Gasteiger partial charge in [-0.15, -0.1) is 0 Å². The van der Waals surface area contributed by atoms with Crippen molar-refractivity contribution in [2.75, 3.05) is 31.0 Å². The first-order valence-electron chi connectivity index (χ1n) is 13.5. The molecule has 0 spiro atoms. The number of pyridine rings is 1. The number of amides is 1. The second-order valence-electron chi connectivity index (χ2n) is 10.3. The lowest BCUT2D eigenvalue weighted by Gasteiger charge is -2.29. The van der Waals surface area contributed by atoms with E-state index in [1.165, 1.54) is 23.9 Å². The molecule has 1 aliphatic heterocycles. The molecule has 3 heterocycles. The lowest BCUT2D eigenvalue weighted by molar-refractivity contribution is -0.119. The van der Waals surface area contributed by atoms with Gasteiger partial charge in [0.05, 0.1) is 36.3 Å². The summed E-state index contributed by atoms with van der Waals surface area (Å²) in [6.07, 6.45) is 1.80. The van der Waals surface area contributed by atoms with E-state index in [1.807, 2.05) is 36.4 Å². The molecule has 41 heavy (non-hydrogen) atoms. The van der Waals surface area contributed by atoms with Crippen LogP contribution in [0.2, 0.25) is 0 Å². The Morgan fingerprint density at radius 3 is 2.44 bits per heavy atom. The van der Waals surface area contributed by atoms with Gasteiger partial charge in [0.2, 0.25) is 5.91 Å². The number of nitrogens with one attached hydrogen (secondary N) is 2. The molecule has 1 aliphatic rings. The first-order valence-corrected chi connectivity index (χ1v) is 13.9. The lowest BCUT2D eigenvalue weighted by atomic mass is 9.96. The summed E-state index contributed by atoms with van der Waals surface area (Å²) >= 11 is 5.97. The number of anilines is 2. The van der Waals surface area contributed by atoms with E-state index in [1.54, 1.807) is 13.3 Å². The third-order valence-electron chi connectivity index (χ3n) is 7.56. The molecule has 1 fully saturated rings. The van der Waals surface area contributed by atoms with Gasteiger partial charge in [0.1, 0.15) is 12.4 Å². The molecule has 2 aromatic heterocycles. The average molecular weight is 570 g/mol. The Balaban J connectivity index is 1.67. The second-order valence-corrected chi connectivity index (χ2v) is 10.7. The molecule has 2 aromatic carbocycles. The summed E-state index contributed by atoms with van der Waals surface area (Å²) in [5.41, 5.74) is 9.25. The van der Waals surface area contributed by atoms with Gasteiger partial charge in [-0.2, -0.15) is 0 Å². The Hall–Kier alpha value is -4.21. The van der Waals surface area contributed by atoms with Crippen LogP contribution in [-0.2, 0) is 9.53 Å². The predicted molar refractivity (Wildman–Crippen MR) is 166 cm³/mol. The number of hydrogen-bond donors (Lipinski definition) is 2. The van der Waals surface area contributed by atoms with Crippen LogP contribution in [0.15, 0.2) is 66.9 Å². The van der Waals surface area contributed by atoms with Crippen LogP contribution in [0.1, 0.15) is 45.9 Å². The Kier molecular flexibility index (Phi) is 8.10. The largest absolute Gasteiger partial charge is 0.495 e. The lowest BCUT2D eigenvalue weighted by Crippen LogP contribution is -2.29. The number of aromatic nitrogens is 2. The molecule has 2 N–H and O–H groups in total. The molecule has 0 radical (unpaired) electrons. The number of methoxy groups -OCH3 is 2. The van der Waals surface area contributed by atoms with Crippen LogP contribution in [0.5, 0.6) is 5.75 Å². The summed E-state index contributed by atoms with van der Waals surface area (Å²) in [5, 5.41) is 7.01. The quantitative estimate of drug-likeness (QED) is 0.257. The van der Waals surface area contributed by atoms with Crippen molar-refractivity contribution in [3.8, 4) is 11.4 Å². The van der Waals surface area contributed by atoms with E-state index in [4.69, 9.17) is 26.7 Å². The number of benzene rings is 2. The Morgan fingerprint density at radius 1 is 1.02 bits per heavy atom. The van der Waals surface area contributed by atoms with Crippen molar-refractivity contribution < 1.29 is 14.3 Å². The number of thiocarbonyl (C=S) groups is 1. The fourth-order valence-corrected chi connectivity index (χ4v) is 6.15. The molecule has 2 atom stereocenters. The van der Waals surface area contributed by atoms with Crippen molar-refractivity contribution in [1.29, 1.82) is 0 Å². The zero-order valence-electron chi connectivity index (χ0n) is 24.2. The predicted octanol–water partition coefficient (Wildman–Crippen LogP) is 5.88. The van der Waals surface area contributed by atoms with Crippen molar-refractivity contribution in [1.82, 2.24) is 14.9 Å². The number of carbonyl (C=O) groups is 1. The maximum absolute atomic E-state index is 12.4. The summed E-state index contributed by atoms with van der Waals surface area (Å²) < 4.78 is 12.9.